The van der Waals surface area contributed by atoms with Gasteiger partial charge < -0.3 is 5.73 Å². The molecule has 0 saturated heterocycles. The first-order chi connectivity index (χ1) is 9.56. The van der Waals surface area contributed by atoms with E-state index in [1.807, 2.05) is 12.1 Å². The fraction of sp³-hybridized carbons (Fsp3) is 0.294. The summed E-state index contributed by atoms with van der Waals surface area (Å²) in [7, 11) is 0. The Balaban J connectivity index is 1.94. The molecule has 0 fully saturated rings. The normalized spacial score (nSPS) is 12.4. The van der Waals surface area contributed by atoms with Gasteiger partial charge in [-0.1, -0.05) is 35.9 Å². The van der Waals surface area contributed by atoms with E-state index >= 15 is 0 Å². The topological polar surface area (TPSA) is 26.0 Å². The Labute approximate surface area is 124 Å². The van der Waals surface area contributed by atoms with Gasteiger partial charge in [-0.05, 0) is 61.1 Å². The van der Waals surface area contributed by atoms with Crippen LogP contribution in [0.3, 0.4) is 0 Å². The molecular formula is C17H19ClFN. The first kappa shape index (κ1) is 15.0. The summed E-state index contributed by atoms with van der Waals surface area (Å²) in [6.07, 6.45) is 2.26. The molecule has 1 atom stereocenters. The van der Waals surface area contributed by atoms with Crippen molar-refractivity contribution in [2.75, 3.05) is 0 Å². The molecule has 2 aromatic rings. The third-order valence-electron chi connectivity index (χ3n) is 3.54. The SMILES string of the molecule is Cc1ccccc1CCC(N)Cc1cc(Cl)ccc1F. The summed E-state index contributed by atoms with van der Waals surface area (Å²) >= 11 is 5.89. The van der Waals surface area contributed by atoms with E-state index in [9.17, 15) is 4.39 Å². The van der Waals surface area contributed by atoms with Gasteiger partial charge in [0.2, 0.25) is 0 Å². The molecule has 0 bridgehead atoms. The molecule has 0 aliphatic rings. The average Bonchev–Trinajstić information content (AvgIpc) is 2.42. The second-order valence-electron chi connectivity index (χ2n) is 5.17. The minimum absolute atomic E-state index is 0.0671. The minimum atomic E-state index is -0.235. The third-order valence-corrected chi connectivity index (χ3v) is 3.77. The molecule has 0 spiro atoms. The lowest BCUT2D eigenvalue weighted by Crippen LogP contribution is -2.24. The maximum atomic E-state index is 13.6. The second kappa shape index (κ2) is 6.87. The van der Waals surface area contributed by atoms with Gasteiger partial charge in [-0.3, -0.25) is 0 Å². The van der Waals surface area contributed by atoms with E-state index in [-0.39, 0.29) is 11.9 Å². The van der Waals surface area contributed by atoms with Gasteiger partial charge in [-0.15, -0.1) is 0 Å². The van der Waals surface area contributed by atoms with Crippen LogP contribution in [-0.2, 0) is 12.8 Å². The minimum Gasteiger partial charge on any atom is -0.327 e. The average molecular weight is 292 g/mol. The summed E-state index contributed by atoms with van der Waals surface area (Å²) in [6, 6.07) is 12.8. The van der Waals surface area contributed by atoms with Gasteiger partial charge in [0.15, 0.2) is 0 Å². The summed E-state index contributed by atoms with van der Waals surface area (Å²) in [6.45, 7) is 2.09. The van der Waals surface area contributed by atoms with Crippen molar-refractivity contribution in [1.82, 2.24) is 0 Å². The molecule has 106 valence electrons. The number of benzene rings is 2. The van der Waals surface area contributed by atoms with Crippen LogP contribution in [0.5, 0.6) is 0 Å². The van der Waals surface area contributed by atoms with Gasteiger partial charge >= 0.3 is 0 Å². The van der Waals surface area contributed by atoms with Crippen LogP contribution in [0.4, 0.5) is 4.39 Å². The largest absolute Gasteiger partial charge is 0.327 e. The van der Waals surface area contributed by atoms with Crippen LogP contribution in [0, 0.1) is 12.7 Å². The lowest BCUT2D eigenvalue weighted by atomic mass is 9.97. The molecule has 0 saturated carbocycles. The fourth-order valence-corrected chi connectivity index (χ4v) is 2.51. The summed E-state index contributed by atoms with van der Waals surface area (Å²) in [4.78, 5) is 0. The molecule has 0 radical (unpaired) electrons. The maximum Gasteiger partial charge on any atom is 0.126 e. The summed E-state index contributed by atoms with van der Waals surface area (Å²) in [5.74, 6) is -0.235. The van der Waals surface area contributed by atoms with Gasteiger partial charge in [0, 0.05) is 11.1 Å². The number of aryl methyl sites for hydroxylation is 2. The molecule has 0 amide bonds. The van der Waals surface area contributed by atoms with E-state index in [0.29, 0.717) is 17.0 Å². The smallest absolute Gasteiger partial charge is 0.126 e. The van der Waals surface area contributed by atoms with Crippen molar-refractivity contribution in [3.63, 3.8) is 0 Å². The van der Waals surface area contributed by atoms with E-state index in [1.165, 1.54) is 17.2 Å². The molecule has 2 N–H and O–H groups in total. The van der Waals surface area contributed by atoms with Crippen LogP contribution in [0.2, 0.25) is 5.02 Å². The van der Waals surface area contributed by atoms with Crippen LogP contribution in [0.1, 0.15) is 23.1 Å². The van der Waals surface area contributed by atoms with E-state index in [1.54, 1.807) is 12.1 Å². The number of rotatable bonds is 5. The van der Waals surface area contributed by atoms with E-state index in [2.05, 4.69) is 19.1 Å². The maximum absolute atomic E-state index is 13.6. The quantitative estimate of drug-likeness (QED) is 0.874. The zero-order valence-corrected chi connectivity index (χ0v) is 12.3. The van der Waals surface area contributed by atoms with Gasteiger partial charge in [-0.2, -0.15) is 0 Å². The zero-order valence-electron chi connectivity index (χ0n) is 11.6. The van der Waals surface area contributed by atoms with Crippen molar-refractivity contribution in [3.8, 4) is 0 Å². The highest BCUT2D eigenvalue weighted by molar-refractivity contribution is 6.30. The third kappa shape index (κ3) is 4.06. The number of hydrogen-bond acceptors (Lipinski definition) is 1. The molecule has 0 aliphatic carbocycles. The molecule has 2 rings (SSSR count). The molecule has 0 aromatic heterocycles. The van der Waals surface area contributed by atoms with Gasteiger partial charge in [-0.25, -0.2) is 4.39 Å². The van der Waals surface area contributed by atoms with Crippen molar-refractivity contribution >= 4 is 11.6 Å². The lowest BCUT2D eigenvalue weighted by Gasteiger charge is -2.13. The van der Waals surface area contributed by atoms with E-state index < -0.39 is 0 Å². The number of nitrogens with two attached hydrogens (primary N) is 1. The summed E-state index contributed by atoms with van der Waals surface area (Å²) in [5.41, 5.74) is 9.28. The van der Waals surface area contributed by atoms with Crippen molar-refractivity contribution in [1.29, 1.82) is 0 Å². The molecule has 0 aliphatic heterocycles. The fourth-order valence-electron chi connectivity index (χ4n) is 2.32. The Bertz CT molecular complexity index is 583. The summed E-state index contributed by atoms with van der Waals surface area (Å²) < 4.78 is 13.6. The molecule has 1 unspecified atom stereocenters. The highest BCUT2D eigenvalue weighted by Gasteiger charge is 2.10. The lowest BCUT2D eigenvalue weighted by molar-refractivity contribution is 0.566. The first-order valence-corrected chi connectivity index (χ1v) is 7.18. The molecule has 20 heavy (non-hydrogen) atoms. The Morgan fingerprint density at radius 3 is 2.65 bits per heavy atom. The van der Waals surface area contributed by atoms with Gasteiger partial charge in [0.05, 0.1) is 0 Å². The van der Waals surface area contributed by atoms with Crippen molar-refractivity contribution in [2.45, 2.75) is 32.2 Å². The van der Waals surface area contributed by atoms with Gasteiger partial charge in [0.1, 0.15) is 5.82 Å². The number of halogens is 2. The van der Waals surface area contributed by atoms with E-state index in [4.69, 9.17) is 17.3 Å². The zero-order chi connectivity index (χ0) is 14.5. The molecule has 1 nitrogen and oxygen atoms in total. The Kier molecular flexibility index (Phi) is 5.16. The highest BCUT2D eigenvalue weighted by atomic mass is 35.5. The molecular weight excluding hydrogens is 273 g/mol. The summed E-state index contributed by atoms with van der Waals surface area (Å²) in [5, 5.41) is 0.549. The first-order valence-electron chi connectivity index (χ1n) is 6.80. The van der Waals surface area contributed by atoms with Crippen molar-refractivity contribution < 1.29 is 4.39 Å². The Hall–Kier alpha value is -1.38. The second-order valence-corrected chi connectivity index (χ2v) is 5.60. The standard InChI is InChI=1S/C17H19ClFN/c1-12-4-2-3-5-13(12)6-8-16(20)11-14-10-15(18)7-9-17(14)19/h2-5,7,9-10,16H,6,8,11,20H2,1H3. The molecule has 0 heterocycles. The van der Waals surface area contributed by atoms with Crippen LogP contribution >= 0.6 is 11.6 Å². The predicted octanol–water partition coefficient (Wildman–Crippen LogP) is 4.29. The van der Waals surface area contributed by atoms with Crippen molar-refractivity contribution in [2.24, 2.45) is 5.73 Å². The van der Waals surface area contributed by atoms with E-state index in [0.717, 1.165) is 12.8 Å². The van der Waals surface area contributed by atoms with Crippen LogP contribution in [-0.4, -0.2) is 6.04 Å². The molecule has 2 aromatic carbocycles. The highest BCUT2D eigenvalue weighted by Crippen LogP contribution is 2.18. The Morgan fingerprint density at radius 1 is 1.15 bits per heavy atom. The predicted molar refractivity (Wildman–Crippen MR) is 82.6 cm³/mol. The van der Waals surface area contributed by atoms with Crippen molar-refractivity contribution in [3.05, 3.63) is 70.0 Å². The number of hydrogen-bond donors (Lipinski definition) is 1. The molecule has 3 heteroatoms. The van der Waals surface area contributed by atoms with Crippen LogP contribution < -0.4 is 5.73 Å². The van der Waals surface area contributed by atoms with Crippen LogP contribution in [0.15, 0.2) is 42.5 Å². The van der Waals surface area contributed by atoms with Gasteiger partial charge in [0.25, 0.3) is 0 Å². The van der Waals surface area contributed by atoms with Crippen LogP contribution in [0.25, 0.3) is 0 Å². The Morgan fingerprint density at radius 2 is 1.90 bits per heavy atom. The monoisotopic (exact) mass is 291 g/mol.